The maximum Gasteiger partial charge on any atom is 0.244 e. The lowest BCUT2D eigenvalue weighted by molar-refractivity contribution is 0.00469. The van der Waals surface area contributed by atoms with Crippen molar-refractivity contribution in [3.05, 3.63) is 29.3 Å². The SMILES string of the molecule is O=S(=O)(c1ccccc1Cl)N1CCN(C[C@H](O)CN2CCOCC2)CC1. The number of halogens is 1. The molecule has 7 nitrogen and oxygen atoms in total. The average molecular weight is 404 g/mol. The minimum Gasteiger partial charge on any atom is -0.390 e. The number of hydrogen-bond acceptors (Lipinski definition) is 6. The molecule has 1 aromatic carbocycles. The van der Waals surface area contributed by atoms with Crippen LogP contribution in [0.4, 0.5) is 0 Å². The topological polar surface area (TPSA) is 73.3 Å². The van der Waals surface area contributed by atoms with E-state index >= 15 is 0 Å². The van der Waals surface area contributed by atoms with Gasteiger partial charge in [0.25, 0.3) is 0 Å². The van der Waals surface area contributed by atoms with Gasteiger partial charge in [-0.05, 0) is 12.1 Å². The standard InChI is InChI=1S/C17H26ClN3O4S/c18-16-3-1-2-4-17(16)26(23,24)21-7-5-19(6-8-21)13-15(22)14-20-9-11-25-12-10-20/h1-4,15,22H,5-14H2/t15-/m0/s1. The Balaban J connectivity index is 1.50. The first-order chi connectivity index (χ1) is 12.5. The van der Waals surface area contributed by atoms with Crippen molar-refractivity contribution < 1.29 is 18.3 Å². The third-order valence-electron chi connectivity index (χ3n) is 4.83. The second-order valence-electron chi connectivity index (χ2n) is 6.70. The Hall–Kier alpha value is -0.740. The second-order valence-corrected chi connectivity index (χ2v) is 9.02. The third-order valence-corrected chi connectivity index (χ3v) is 7.23. The van der Waals surface area contributed by atoms with Crippen molar-refractivity contribution in [2.24, 2.45) is 0 Å². The zero-order chi connectivity index (χ0) is 18.6. The van der Waals surface area contributed by atoms with E-state index in [4.69, 9.17) is 16.3 Å². The van der Waals surface area contributed by atoms with E-state index in [1.54, 1.807) is 18.2 Å². The number of hydrogen-bond donors (Lipinski definition) is 1. The van der Waals surface area contributed by atoms with Gasteiger partial charge in [-0.3, -0.25) is 9.80 Å². The number of rotatable bonds is 6. The summed E-state index contributed by atoms with van der Waals surface area (Å²) in [4.78, 5) is 4.47. The summed E-state index contributed by atoms with van der Waals surface area (Å²) in [5.41, 5.74) is 0. The summed E-state index contributed by atoms with van der Waals surface area (Å²) in [6.07, 6.45) is -0.445. The van der Waals surface area contributed by atoms with E-state index in [1.165, 1.54) is 10.4 Å². The predicted molar refractivity (Wildman–Crippen MR) is 99.9 cm³/mol. The Labute approximate surface area is 160 Å². The molecule has 0 amide bonds. The van der Waals surface area contributed by atoms with Crippen LogP contribution in [-0.2, 0) is 14.8 Å². The van der Waals surface area contributed by atoms with Crippen LogP contribution in [0.25, 0.3) is 0 Å². The van der Waals surface area contributed by atoms with E-state index in [1.807, 2.05) is 0 Å². The minimum absolute atomic E-state index is 0.155. The Morgan fingerprint density at radius 2 is 1.58 bits per heavy atom. The van der Waals surface area contributed by atoms with Crippen LogP contribution in [0.15, 0.2) is 29.2 Å². The molecule has 2 aliphatic heterocycles. The van der Waals surface area contributed by atoms with Crippen molar-refractivity contribution in [1.82, 2.24) is 14.1 Å². The first-order valence-corrected chi connectivity index (χ1v) is 10.7. The van der Waals surface area contributed by atoms with Gasteiger partial charge in [-0.15, -0.1) is 0 Å². The van der Waals surface area contributed by atoms with Crippen LogP contribution >= 0.6 is 11.6 Å². The zero-order valence-corrected chi connectivity index (χ0v) is 16.3. The molecule has 1 N–H and O–H groups in total. The van der Waals surface area contributed by atoms with Crippen molar-refractivity contribution in [1.29, 1.82) is 0 Å². The lowest BCUT2D eigenvalue weighted by atomic mass is 10.2. The Kier molecular flexibility index (Phi) is 6.90. The van der Waals surface area contributed by atoms with Crippen LogP contribution in [-0.4, -0.2) is 99.3 Å². The molecule has 0 spiro atoms. The average Bonchev–Trinajstić information content (AvgIpc) is 2.63. The molecule has 1 atom stereocenters. The van der Waals surface area contributed by atoms with Gasteiger partial charge < -0.3 is 9.84 Å². The highest BCUT2D eigenvalue weighted by atomic mass is 35.5. The molecule has 2 fully saturated rings. The van der Waals surface area contributed by atoms with Crippen molar-refractivity contribution in [2.75, 3.05) is 65.6 Å². The van der Waals surface area contributed by atoms with E-state index in [0.717, 1.165) is 13.1 Å². The lowest BCUT2D eigenvalue weighted by Crippen LogP contribution is -2.52. The number of morpholine rings is 1. The fraction of sp³-hybridized carbons (Fsp3) is 0.647. The molecule has 0 aromatic heterocycles. The van der Waals surface area contributed by atoms with Gasteiger partial charge in [0, 0.05) is 52.4 Å². The number of benzene rings is 1. The van der Waals surface area contributed by atoms with Gasteiger partial charge in [-0.2, -0.15) is 4.31 Å². The van der Waals surface area contributed by atoms with Crippen molar-refractivity contribution in [3.63, 3.8) is 0 Å². The number of ether oxygens (including phenoxy) is 1. The third kappa shape index (κ3) is 4.95. The van der Waals surface area contributed by atoms with E-state index in [2.05, 4.69) is 9.80 Å². The highest BCUT2D eigenvalue weighted by molar-refractivity contribution is 7.89. The van der Waals surface area contributed by atoms with Crippen molar-refractivity contribution in [3.8, 4) is 0 Å². The van der Waals surface area contributed by atoms with E-state index in [0.29, 0.717) is 52.5 Å². The lowest BCUT2D eigenvalue weighted by Gasteiger charge is -2.36. The van der Waals surface area contributed by atoms with Gasteiger partial charge in [-0.1, -0.05) is 23.7 Å². The molecular weight excluding hydrogens is 378 g/mol. The highest BCUT2D eigenvalue weighted by Gasteiger charge is 2.30. The smallest absolute Gasteiger partial charge is 0.244 e. The number of nitrogens with zero attached hydrogens (tertiary/aromatic N) is 3. The van der Waals surface area contributed by atoms with Gasteiger partial charge in [0.05, 0.1) is 24.3 Å². The molecular formula is C17H26ClN3O4S. The molecule has 9 heteroatoms. The molecule has 2 heterocycles. The summed E-state index contributed by atoms with van der Waals surface area (Å²) in [6, 6.07) is 6.52. The molecule has 0 unspecified atom stereocenters. The van der Waals surface area contributed by atoms with Gasteiger partial charge >= 0.3 is 0 Å². The summed E-state index contributed by atoms with van der Waals surface area (Å²) in [5.74, 6) is 0. The number of aliphatic hydroxyl groups excluding tert-OH is 1. The van der Waals surface area contributed by atoms with Crippen LogP contribution in [0.1, 0.15) is 0 Å². The Morgan fingerprint density at radius 3 is 2.19 bits per heavy atom. The van der Waals surface area contributed by atoms with Crippen LogP contribution in [0.5, 0.6) is 0 Å². The molecule has 3 rings (SSSR count). The largest absolute Gasteiger partial charge is 0.390 e. The molecule has 0 saturated carbocycles. The Morgan fingerprint density at radius 1 is 1.00 bits per heavy atom. The van der Waals surface area contributed by atoms with Crippen LogP contribution < -0.4 is 0 Å². The fourth-order valence-electron chi connectivity index (χ4n) is 3.38. The maximum atomic E-state index is 12.8. The molecule has 26 heavy (non-hydrogen) atoms. The van der Waals surface area contributed by atoms with E-state index in [9.17, 15) is 13.5 Å². The van der Waals surface area contributed by atoms with E-state index < -0.39 is 16.1 Å². The van der Waals surface area contributed by atoms with Gasteiger partial charge in [0.15, 0.2) is 0 Å². The Bertz CT molecular complexity index is 689. The van der Waals surface area contributed by atoms with Gasteiger partial charge in [0.2, 0.25) is 10.0 Å². The summed E-state index contributed by atoms with van der Waals surface area (Å²) in [7, 11) is -3.58. The highest BCUT2D eigenvalue weighted by Crippen LogP contribution is 2.25. The maximum absolute atomic E-state index is 12.8. The molecule has 2 saturated heterocycles. The zero-order valence-electron chi connectivity index (χ0n) is 14.8. The first kappa shape index (κ1) is 20.0. The molecule has 0 bridgehead atoms. The molecule has 0 radical (unpaired) electrons. The van der Waals surface area contributed by atoms with E-state index in [-0.39, 0.29) is 9.92 Å². The predicted octanol–water partition coefficient (Wildman–Crippen LogP) is 0.339. The number of aliphatic hydroxyl groups is 1. The van der Waals surface area contributed by atoms with Crippen LogP contribution in [0.2, 0.25) is 5.02 Å². The molecule has 1 aromatic rings. The summed E-state index contributed by atoms with van der Waals surface area (Å²) < 4.78 is 32.3. The number of piperazine rings is 1. The van der Waals surface area contributed by atoms with Crippen LogP contribution in [0.3, 0.4) is 0 Å². The molecule has 0 aliphatic carbocycles. The van der Waals surface area contributed by atoms with Crippen LogP contribution in [0, 0.1) is 0 Å². The minimum atomic E-state index is -3.58. The van der Waals surface area contributed by atoms with Crippen molar-refractivity contribution in [2.45, 2.75) is 11.0 Å². The normalized spacial score (nSPS) is 22.4. The monoisotopic (exact) mass is 403 g/mol. The second kappa shape index (κ2) is 8.97. The van der Waals surface area contributed by atoms with Gasteiger partial charge in [0.1, 0.15) is 4.90 Å². The molecule has 2 aliphatic rings. The van der Waals surface area contributed by atoms with Crippen molar-refractivity contribution >= 4 is 21.6 Å². The summed E-state index contributed by atoms with van der Waals surface area (Å²) in [5, 5.41) is 10.6. The summed E-state index contributed by atoms with van der Waals surface area (Å²) in [6.45, 7) is 6.31. The van der Waals surface area contributed by atoms with Gasteiger partial charge in [-0.25, -0.2) is 8.42 Å². The fourth-order valence-corrected chi connectivity index (χ4v) is 5.30. The quantitative estimate of drug-likeness (QED) is 0.738. The number of sulfonamides is 1. The molecule has 146 valence electrons. The first-order valence-electron chi connectivity index (χ1n) is 8.92. The summed E-state index contributed by atoms with van der Waals surface area (Å²) >= 11 is 6.06. The number of β-amino-alcohol motifs (C(OH)–C–C–N with tert-alkyl or cyclic N) is 1.